The second-order valence-corrected chi connectivity index (χ2v) is 3.28. The van der Waals surface area contributed by atoms with Crippen LogP contribution in [0.1, 0.15) is 12.6 Å². The number of fused-ring (bicyclic) bond motifs is 1. The number of oxime groups is 1. The average Bonchev–Trinajstić information content (AvgIpc) is 2.29. The molecule has 3 heteroatoms. The van der Waals surface area contributed by atoms with Crippen LogP contribution in [-0.4, -0.2) is 17.8 Å². The molecule has 0 N–H and O–H groups in total. The van der Waals surface area contributed by atoms with Crippen LogP contribution >= 0.6 is 0 Å². The Morgan fingerprint density at radius 1 is 1.27 bits per heavy atom. The molecule has 0 bridgehead atoms. The number of pyridine rings is 1. The van der Waals surface area contributed by atoms with E-state index in [1.54, 1.807) is 0 Å². The normalized spacial score (nSPS) is 11.7. The third-order valence-electron chi connectivity index (χ3n) is 2.23. The highest BCUT2D eigenvalue weighted by Gasteiger charge is 2.00. The minimum atomic E-state index is 0.781. The van der Waals surface area contributed by atoms with Crippen molar-refractivity contribution in [2.75, 3.05) is 7.11 Å². The van der Waals surface area contributed by atoms with Gasteiger partial charge in [-0.2, -0.15) is 0 Å². The molecule has 0 radical (unpaired) electrons. The molecule has 0 saturated heterocycles. The molecule has 0 amide bonds. The Labute approximate surface area is 88.4 Å². The van der Waals surface area contributed by atoms with Crippen LogP contribution in [0.3, 0.4) is 0 Å². The summed E-state index contributed by atoms with van der Waals surface area (Å²) in [7, 11) is 1.53. The van der Waals surface area contributed by atoms with Crippen LogP contribution in [0.5, 0.6) is 0 Å². The summed E-state index contributed by atoms with van der Waals surface area (Å²) in [4.78, 5) is 9.03. The molecule has 0 unspecified atom stereocenters. The van der Waals surface area contributed by atoms with Gasteiger partial charge in [-0.25, -0.2) is 0 Å². The maximum atomic E-state index is 4.72. The first-order valence-electron chi connectivity index (χ1n) is 4.74. The first-order chi connectivity index (χ1) is 7.31. The SMILES string of the molecule is CO/N=C(\C)c1cc2ccccc2cn1. The first-order valence-corrected chi connectivity index (χ1v) is 4.74. The van der Waals surface area contributed by atoms with E-state index in [0.29, 0.717) is 0 Å². The molecule has 0 saturated carbocycles. The molecule has 0 aliphatic carbocycles. The van der Waals surface area contributed by atoms with Crippen LogP contribution in [-0.2, 0) is 4.84 Å². The molecule has 1 heterocycles. The van der Waals surface area contributed by atoms with E-state index < -0.39 is 0 Å². The summed E-state index contributed by atoms with van der Waals surface area (Å²) in [5.41, 5.74) is 1.62. The van der Waals surface area contributed by atoms with Crippen LogP contribution in [0.4, 0.5) is 0 Å². The maximum absolute atomic E-state index is 4.72. The smallest absolute Gasteiger partial charge is 0.106 e. The van der Waals surface area contributed by atoms with Crippen LogP contribution in [0.15, 0.2) is 41.7 Å². The van der Waals surface area contributed by atoms with Gasteiger partial charge < -0.3 is 4.84 Å². The van der Waals surface area contributed by atoms with Crippen molar-refractivity contribution in [3.63, 3.8) is 0 Å². The lowest BCUT2D eigenvalue weighted by atomic mass is 10.1. The zero-order valence-electron chi connectivity index (χ0n) is 8.77. The van der Waals surface area contributed by atoms with Gasteiger partial charge in [-0.3, -0.25) is 4.98 Å². The van der Waals surface area contributed by atoms with Crippen LogP contribution in [0, 0.1) is 0 Å². The molecule has 0 spiro atoms. The molecule has 2 aromatic rings. The van der Waals surface area contributed by atoms with Crippen molar-refractivity contribution < 1.29 is 4.84 Å². The number of aromatic nitrogens is 1. The molecule has 1 aromatic heterocycles. The molecule has 1 aromatic carbocycles. The standard InChI is InChI=1S/C12H12N2O/c1-9(14-15-2)12-7-10-5-3-4-6-11(10)8-13-12/h3-8H,1-2H3/b14-9+. The van der Waals surface area contributed by atoms with Gasteiger partial charge in [0.25, 0.3) is 0 Å². The van der Waals surface area contributed by atoms with Gasteiger partial charge in [0.2, 0.25) is 0 Å². The van der Waals surface area contributed by atoms with Crippen molar-refractivity contribution in [3.8, 4) is 0 Å². The van der Waals surface area contributed by atoms with Crippen molar-refractivity contribution in [1.29, 1.82) is 0 Å². The molecule has 76 valence electrons. The lowest BCUT2D eigenvalue weighted by molar-refractivity contribution is 0.213. The lowest BCUT2D eigenvalue weighted by Gasteiger charge is -2.01. The van der Waals surface area contributed by atoms with Crippen LogP contribution < -0.4 is 0 Å². The molecule has 0 fully saturated rings. The van der Waals surface area contributed by atoms with Gasteiger partial charge in [0.15, 0.2) is 0 Å². The maximum Gasteiger partial charge on any atom is 0.106 e. The van der Waals surface area contributed by atoms with Gasteiger partial charge in [-0.15, -0.1) is 0 Å². The molecule has 0 atom stereocenters. The van der Waals surface area contributed by atoms with Gasteiger partial charge in [0, 0.05) is 11.6 Å². The minimum Gasteiger partial charge on any atom is -0.399 e. The van der Waals surface area contributed by atoms with E-state index in [9.17, 15) is 0 Å². The van der Waals surface area contributed by atoms with Crippen LogP contribution in [0.25, 0.3) is 10.8 Å². The van der Waals surface area contributed by atoms with Gasteiger partial charge in [0.1, 0.15) is 12.8 Å². The van der Waals surface area contributed by atoms with Crippen molar-refractivity contribution in [1.82, 2.24) is 4.98 Å². The van der Waals surface area contributed by atoms with Gasteiger partial charge >= 0.3 is 0 Å². The predicted molar refractivity (Wildman–Crippen MR) is 61.0 cm³/mol. The topological polar surface area (TPSA) is 34.5 Å². The highest BCUT2D eigenvalue weighted by atomic mass is 16.6. The first kappa shape index (κ1) is 9.65. The molecule has 0 aliphatic rings. The Morgan fingerprint density at radius 2 is 2.00 bits per heavy atom. The summed E-state index contributed by atoms with van der Waals surface area (Å²) in [5.74, 6) is 0. The number of hydrogen-bond donors (Lipinski definition) is 0. The highest BCUT2D eigenvalue weighted by Crippen LogP contribution is 2.13. The summed E-state index contributed by atoms with van der Waals surface area (Å²) < 4.78 is 0. The zero-order chi connectivity index (χ0) is 10.7. The number of nitrogens with zero attached hydrogens (tertiary/aromatic N) is 2. The third kappa shape index (κ3) is 1.96. The zero-order valence-corrected chi connectivity index (χ0v) is 8.77. The second-order valence-electron chi connectivity index (χ2n) is 3.28. The van der Waals surface area contributed by atoms with E-state index in [0.717, 1.165) is 22.2 Å². The number of benzene rings is 1. The third-order valence-corrected chi connectivity index (χ3v) is 2.23. The molecule has 3 nitrogen and oxygen atoms in total. The summed E-state index contributed by atoms with van der Waals surface area (Å²) in [6, 6.07) is 10.1. The minimum absolute atomic E-state index is 0.781. The fraction of sp³-hybridized carbons (Fsp3) is 0.167. The van der Waals surface area contributed by atoms with Gasteiger partial charge in [-0.05, 0) is 18.4 Å². The summed E-state index contributed by atoms with van der Waals surface area (Å²) in [6.07, 6.45) is 1.85. The van der Waals surface area contributed by atoms with E-state index in [1.165, 1.54) is 7.11 Å². The largest absolute Gasteiger partial charge is 0.399 e. The fourth-order valence-electron chi connectivity index (χ4n) is 1.47. The Morgan fingerprint density at radius 3 is 2.73 bits per heavy atom. The van der Waals surface area contributed by atoms with E-state index >= 15 is 0 Å². The Hall–Kier alpha value is -1.90. The predicted octanol–water partition coefficient (Wildman–Crippen LogP) is 2.61. The van der Waals surface area contributed by atoms with Crippen molar-refractivity contribution in [2.45, 2.75) is 6.92 Å². The van der Waals surface area contributed by atoms with E-state index in [1.807, 2.05) is 37.4 Å². The number of hydrogen-bond acceptors (Lipinski definition) is 3. The quantitative estimate of drug-likeness (QED) is 0.551. The Bertz CT molecular complexity index is 506. The highest BCUT2D eigenvalue weighted by molar-refractivity contribution is 5.99. The summed E-state index contributed by atoms with van der Waals surface area (Å²) >= 11 is 0. The van der Waals surface area contributed by atoms with E-state index in [-0.39, 0.29) is 0 Å². The molecule has 15 heavy (non-hydrogen) atoms. The summed E-state index contributed by atoms with van der Waals surface area (Å²) in [5, 5.41) is 6.15. The van der Waals surface area contributed by atoms with Crippen molar-refractivity contribution in [2.24, 2.45) is 5.16 Å². The van der Waals surface area contributed by atoms with Gasteiger partial charge in [0.05, 0.1) is 5.69 Å². The second kappa shape index (κ2) is 4.09. The van der Waals surface area contributed by atoms with Gasteiger partial charge in [-0.1, -0.05) is 29.4 Å². The van der Waals surface area contributed by atoms with Crippen LogP contribution in [0.2, 0.25) is 0 Å². The number of rotatable bonds is 2. The van der Waals surface area contributed by atoms with E-state index in [2.05, 4.69) is 16.2 Å². The van der Waals surface area contributed by atoms with Crippen molar-refractivity contribution in [3.05, 3.63) is 42.2 Å². The summed E-state index contributed by atoms with van der Waals surface area (Å²) in [6.45, 7) is 1.88. The monoisotopic (exact) mass is 200 g/mol. The molecule has 2 rings (SSSR count). The molecule has 0 aliphatic heterocycles. The lowest BCUT2D eigenvalue weighted by Crippen LogP contribution is -1.98. The Kier molecular flexibility index (Phi) is 2.63. The Balaban J connectivity index is 2.51. The molecular weight excluding hydrogens is 188 g/mol. The average molecular weight is 200 g/mol. The molecular formula is C12H12N2O. The van der Waals surface area contributed by atoms with E-state index in [4.69, 9.17) is 4.84 Å². The van der Waals surface area contributed by atoms with Crippen molar-refractivity contribution >= 4 is 16.5 Å². The fourth-order valence-corrected chi connectivity index (χ4v) is 1.47.